The number of aromatic nitrogens is 3. The lowest BCUT2D eigenvalue weighted by Crippen LogP contribution is -2.23. The number of rotatable bonds is 3. The molecule has 1 aliphatic rings. The molecule has 0 aromatic carbocycles. The van der Waals surface area contributed by atoms with Crippen LogP contribution in [0.1, 0.15) is 36.2 Å². The lowest BCUT2D eigenvalue weighted by molar-refractivity contribution is 0.218. The summed E-state index contributed by atoms with van der Waals surface area (Å²) in [5, 5.41) is 8.12. The maximum absolute atomic E-state index is 5.57. The van der Waals surface area contributed by atoms with Gasteiger partial charge in [0.2, 0.25) is 5.89 Å². The first-order valence-electron chi connectivity index (χ1n) is 6.47. The molecule has 0 aliphatic carbocycles. The Hall–Kier alpha value is -1.95. The molecule has 1 saturated heterocycles. The molecule has 6 nitrogen and oxygen atoms in total. The van der Waals surface area contributed by atoms with E-state index in [0.29, 0.717) is 12.4 Å². The van der Waals surface area contributed by atoms with Crippen LogP contribution in [0.3, 0.4) is 0 Å². The van der Waals surface area contributed by atoms with E-state index in [1.165, 1.54) is 0 Å². The van der Waals surface area contributed by atoms with E-state index in [2.05, 4.69) is 20.1 Å². The Balaban J connectivity index is 1.76. The van der Waals surface area contributed by atoms with E-state index < -0.39 is 0 Å². The quantitative estimate of drug-likeness (QED) is 0.903. The van der Waals surface area contributed by atoms with Crippen molar-refractivity contribution in [2.75, 3.05) is 12.3 Å². The maximum atomic E-state index is 5.57. The van der Waals surface area contributed by atoms with Gasteiger partial charge >= 0.3 is 0 Å². The number of oxazole rings is 1. The van der Waals surface area contributed by atoms with E-state index in [-0.39, 0.29) is 6.04 Å². The summed E-state index contributed by atoms with van der Waals surface area (Å²) in [4.78, 5) is 6.58. The molecule has 3 rings (SSSR count). The van der Waals surface area contributed by atoms with E-state index in [0.717, 1.165) is 36.7 Å². The molecule has 1 atom stereocenters. The molecule has 2 aromatic heterocycles. The standard InChI is InChI=1S/C13H17N5O/c1-9-7-15-13(19-9)8-18-6-2-3-11(18)10-4-5-12(14)17-16-10/h4-5,7,11H,2-3,6,8H2,1H3,(H2,14,17). The topological polar surface area (TPSA) is 81.1 Å². The van der Waals surface area contributed by atoms with Crippen molar-refractivity contribution in [3.05, 3.63) is 35.7 Å². The summed E-state index contributed by atoms with van der Waals surface area (Å²) < 4.78 is 5.54. The summed E-state index contributed by atoms with van der Waals surface area (Å²) in [5.74, 6) is 2.06. The summed E-state index contributed by atoms with van der Waals surface area (Å²) in [5.41, 5.74) is 6.54. The average Bonchev–Trinajstić information content (AvgIpc) is 3.00. The fourth-order valence-corrected chi connectivity index (χ4v) is 2.53. The molecule has 0 saturated carbocycles. The molecular formula is C13H17N5O. The zero-order valence-corrected chi connectivity index (χ0v) is 10.9. The van der Waals surface area contributed by atoms with E-state index in [1.54, 1.807) is 12.3 Å². The first-order chi connectivity index (χ1) is 9.22. The molecule has 100 valence electrons. The molecule has 0 spiro atoms. The number of hydrogen-bond acceptors (Lipinski definition) is 6. The highest BCUT2D eigenvalue weighted by Gasteiger charge is 2.28. The van der Waals surface area contributed by atoms with Gasteiger partial charge in [0.1, 0.15) is 11.6 Å². The lowest BCUT2D eigenvalue weighted by Gasteiger charge is -2.21. The predicted octanol–water partition coefficient (Wildman–Crippen LogP) is 1.69. The van der Waals surface area contributed by atoms with Gasteiger partial charge in [-0.1, -0.05) is 0 Å². The first kappa shape index (κ1) is 12.1. The van der Waals surface area contributed by atoms with Gasteiger partial charge in [-0.15, -0.1) is 5.10 Å². The third kappa shape index (κ3) is 2.58. The average molecular weight is 259 g/mol. The van der Waals surface area contributed by atoms with Crippen molar-refractivity contribution >= 4 is 5.82 Å². The van der Waals surface area contributed by atoms with Crippen molar-refractivity contribution in [1.29, 1.82) is 0 Å². The number of anilines is 1. The molecule has 19 heavy (non-hydrogen) atoms. The van der Waals surface area contributed by atoms with Crippen molar-refractivity contribution in [2.24, 2.45) is 0 Å². The first-order valence-corrected chi connectivity index (χ1v) is 6.47. The fraction of sp³-hybridized carbons (Fsp3) is 0.462. The van der Waals surface area contributed by atoms with Crippen LogP contribution in [0.25, 0.3) is 0 Å². The summed E-state index contributed by atoms with van der Waals surface area (Å²) >= 11 is 0. The zero-order chi connectivity index (χ0) is 13.2. The molecule has 0 amide bonds. The van der Waals surface area contributed by atoms with Gasteiger partial charge in [-0.25, -0.2) is 4.98 Å². The van der Waals surface area contributed by atoms with Gasteiger partial charge in [-0.05, 0) is 38.4 Å². The second-order valence-corrected chi connectivity index (χ2v) is 4.88. The van der Waals surface area contributed by atoms with Crippen molar-refractivity contribution < 1.29 is 4.42 Å². The maximum Gasteiger partial charge on any atom is 0.208 e. The Morgan fingerprint density at radius 3 is 3.00 bits per heavy atom. The monoisotopic (exact) mass is 259 g/mol. The third-order valence-corrected chi connectivity index (χ3v) is 3.42. The van der Waals surface area contributed by atoms with Crippen LogP contribution < -0.4 is 5.73 Å². The van der Waals surface area contributed by atoms with Gasteiger partial charge in [-0.2, -0.15) is 5.10 Å². The van der Waals surface area contributed by atoms with Gasteiger partial charge in [0.05, 0.1) is 24.5 Å². The molecular weight excluding hydrogens is 242 g/mol. The zero-order valence-electron chi connectivity index (χ0n) is 10.9. The molecule has 2 N–H and O–H groups in total. The Labute approximate surface area is 111 Å². The molecule has 1 unspecified atom stereocenters. The van der Waals surface area contributed by atoms with Crippen LogP contribution in [0.2, 0.25) is 0 Å². The number of likely N-dealkylation sites (tertiary alicyclic amines) is 1. The molecule has 0 bridgehead atoms. The molecule has 0 radical (unpaired) electrons. The minimum atomic E-state index is 0.278. The number of nitrogen functional groups attached to an aromatic ring is 1. The summed E-state index contributed by atoms with van der Waals surface area (Å²) in [6.07, 6.45) is 3.98. The van der Waals surface area contributed by atoms with Crippen LogP contribution in [0.15, 0.2) is 22.7 Å². The van der Waals surface area contributed by atoms with E-state index in [9.17, 15) is 0 Å². The Morgan fingerprint density at radius 1 is 1.42 bits per heavy atom. The highest BCUT2D eigenvalue weighted by atomic mass is 16.4. The molecule has 6 heteroatoms. The highest BCUT2D eigenvalue weighted by Crippen LogP contribution is 2.31. The SMILES string of the molecule is Cc1cnc(CN2CCCC2c2ccc(N)nn2)o1. The van der Waals surface area contributed by atoms with E-state index >= 15 is 0 Å². The second-order valence-electron chi connectivity index (χ2n) is 4.88. The van der Waals surface area contributed by atoms with E-state index in [4.69, 9.17) is 10.2 Å². The number of nitrogens with zero attached hydrogens (tertiary/aromatic N) is 4. The summed E-state index contributed by atoms with van der Waals surface area (Å²) in [6, 6.07) is 4.03. The number of aryl methyl sites for hydroxylation is 1. The number of hydrogen-bond donors (Lipinski definition) is 1. The minimum absolute atomic E-state index is 0.278. The van der Waals surface area contributed by atoms with Crippen molar-refractivity contribution in [3.8, 4) is 0 Å². The third-order valence-electron chi connectivity index (χ3n) is 3.42. The van der Waals surface area contributed by atoms with Gasteiger partial charge < -0.3 is 10.2 Å². The van der Waals surface area contributed by atoms with Crippen LogP contribution in [0.4, 0.5) is 5.82 Å². The number of nitrogens with two attached hydrogens (primary N) is 1. The summed E-state index contributed by atoms with van der Waals surface area (Å²) in [6.45, 7) is 3.64. The second kappa shape index (κ2) is 4.97. The van der Waals surface area contributed by atoms with Crippen molar-refractivity contribution in [3.63, 3.8) is 0 Å². The van der Waals surface area contributed by atoms with Crippen LogP contribution in [0, 0.1) is 6.92 Å². The van der Waals surface area contributed by atoms with Gasteiger partial charge in [0.25, 0.3) is 0 Å². The smallest absolute Gasteiger partial charge is 0.208 e. The van der Waals surface area contributed by atoms with Crippen LogP contribution in [-0.4, -0.2) is 26.6 Å². The summed E-state index contributed by atoms with van der Waals surface area (Å²) in [7, 11) is 0. The minimum Gasteiger partial charge on any atom is -0.445 e. The van der Waals surface area contributed by atoms with Crippen molar-refractivity contribution in [1.82, 2.24) is 20.1 Å². The molecule has 1 fully saturated rings. The van der Waals surface area contributed by atoms with Crippen molar-refractivity contribution in [2.45, 2.75) is 32.4 Å². The van der Waals surface area contributed by atoms with Gasteiger partial charge in [0, 0.05) is 0 Å². The predicted molar refractivity (Wildman–Crippen MR) is 70.1 cm³/mol. The Morgan fingerprint density at radius 2 is 2.32 bits per heavy atom. The Kier molecular flexibility index (Phi) is 3.16. The molecule has 1 aliphatic heterocycles. The largest absolute Gasteiger partial charge is 0.445 e. The van der Waals surface area contributed by atoms with E-state index in [1.807, 2.05) is 13.0 Å². The van der Waals surface area contributed by atoms with Crippen LogP contribution in [0.5, 0.6) is 0 Å². The van der Waals surface area contributed by atoms with Gasteiger partial charge in [-0.3, -0.25) is 4.90 Å². The lowest BCUT2D eigenvalue weighted by atomic mass is 10.1. The Bertz CT molecular complexity index is 550. The van der Waals surface area contributed by atoms with Crippen LogP contribution >= 0.6 is 0 Å². The molecule has 3 heterocycles. The van der Waals surface area contributed by atoms with Gasteiger partial charge in [0.15, 0.2) is 0 Å². The van der Waals surface area contributed by atoms with Crippen LogP contribution in [-0.2, 0) is 6.54 Å². The molecule has 2 aromatic rings. The normalized spacial score (nSPS) is 19.9. The highest BCUT2D eigenvalue weighted by molar-refractivity contribution is 5.26. The fourth-order valence-electron chi connectivity index (χ4n) is 2.53.